The lowest BCUT2D eigenvalue weighted by Gasteiger charge is -2.02. The van der Waals surface area contributed by atoms with Crippen molar-refractivity contribution in [3.05, 3.63) is 38.4 Å². The summed E-state index contributed by atoms with van der Waals surface area (Å²) in [5.41, 5.74) is 1.56. The third kappa shape index (κ3) is 2.19. The van der Waals surface area contributed by atoms with Crippen LogP contribution in [0, 0.1) is 17.0 Å². The van der Waals surface area contributed by atoms with E-state index in [1.165, 1.54) is 6.07 Å². The number of nitro benzene ring substituents is 1. The van der Waals surface area contributed by atoms with E-state index < -0.39 is 4.92 Å². The number of hydrogen-bond donors (Lipinski definition) is 0. The summed E-state index contributed by atoms with van der Waals surface area (Å²) in [7, 11) is 0. The molecule has 0 heterocycles. The Kier molecular flexibility index (Phi) is 3.27. The van der Waals surface area contributed by atoms with Crippen LogP contribution in [0.1, 0.15) is 11.1 Å². The molecule has 1 aromatic carbocycles. The molecule has 1 rings (SSSR count). The number of aryl methyl sites for hydroxylation is 1. The van der Waals surface area contributed by atoms with Crippen LogP contribution in [0.15, 0.2) is 12.1 Å². The van der Waals surface area contributed by atoms with E-state index in [-0.39, 0.29) is 5.69 Å². The summed E-state index contributed by atoms with van der Waals surface area (Å²) in [4.78, 5) is 10.1. The largest absolute Gasteiger partial charge is 0.274 e. The normalized spacial score (nSPS) is 10.1. The quantitative estimate of drug-likeness (QED) is 0.466. The Balaban J connectivity index is 3.33. The average Bonchev–Trinajstić information content (AvgIpc) is 2.08. The van der Waals surface area contributed by atoms with Gasteiger partial charge in [-0.05, 0) is 18.6 Å². The maximum atomic E-state index is 10.6. The number of halogens is 2. The van der Waals surface area contributed by atoms with Crippen LogP contribution in [-0.2, 0) is 5.33 Å². The van der Waals surface area contributed by atoms with Crippen molar-refractivity contribution in [2.75, 3.05) is 0 Å². The van der Waals surface area contributed by atoms with Gasteiger partial charge in [0.1, 0.15) is 0 Å². The van der Waals surface area contributed by atoms with E-state index in [2.05, 4.69) is 15.9 Å². The standard InChI is InChI=1S/C8H7BrClNO2/c1-5-2-6(4-9)8(11(12)13)3-7(5)10/h2-3H,4H2,1H3. The Morgan fingerprint density at radius 1 is 1.62 bits per heavy atom. The monoisotopic (exact) mass is 263 g/mol. The highest BCUT2D eigenvalue weighted by Gasteiger charge is 2.14. The highest BCUT2D eigenvalue weighted by atomic mass is 79.9. The van der Waals surface area contributed by atoms with Gasteiger partial charge >= 0.3 is 0 Å². The van der Waals surface area contributed by atoms with Crippen molar-refractivity contribution >= 4 is 33.2 Å². The lowest BCUT2D eigenvalue weighted by Crippen LogP contribution is -1.94. The van der Waals surface area contributed by atoms with E-state index in [0.717, 1.165) is 5.56 Å². The third-order valence-electron chi connectivity index (χ3n) is 1.70. The third-order valence-corrected chi connectivity index (χ3v) is 2.71. The SMILES string of the molecule is Cc1cc(CBr)c([N+](=O)[O-])cc1Cl. The first kappa shape index (κ1) is 10.5. The zero-order valence-electron chi connectivity index (χ0n) is 6.88. The Morgan fingerprint density at radius 2 is 2.23 bits per heavy atom. The van der Waals surface area contributed by atoms with Crippen molar-refractivity contribution in [2.45, 2.75) is 12.3 Å². The second-order valence-electron chi connectivity index (χ2n) is 2.62. The molecule has 1 aromatic rings. The Hall–Kier alpha value is -0.610. The first-order chi connectivity index (χ1) is 6.06. The minimum atomic E-state index is -0.429. The molecule has 0 saturated heterocycles. The molecule has 0 unspecified atom stereocenters. The van der Waals surface area contributed by atoms with Gasteiger partial charge in [-0.1, -0.05) is 27.5 Å². The maximum absolute atomic E-state index is 10.6. The van der Waals surface area contributed by atoms with Crippen molar-refractivity contribution in [1.29, 1.82) is 0 Å². The summed E-state index contributed by atoms with van der Waals surface area (Å²) in [6, 6.07) is 3.10. The van der Waals surface area contributed by atoms with Gasteiger partial charge < -0.3 is 0 Å². The molecule has 0 radical (unpaired) electrons. The fourth-order valence-corrected chi connectivity index (χ4v) is 1.61. The highest BCUT2D eigenvalue weighted by molar-refractivity contribution is 9.08. The number of rotatable bonds is 2. The zero-order chi connectivity index (χ0) is 10.0. The van der Waals surface area contributed by atoms with Crippen molar-refractivity contribution in [2.24, 2.45) is 0 Å². The first-order valence-electron chi connectivity index (χ1n) is 3.55. The van der Waals surface area contributed by atoms with Crippen LogP contribution in [0.2, 0.25) is 5.02 Å². The van der Waals surface area contributed by atoms with Crippen molar-refractivity contribution < 1.29 is 4.92 Å². The summed E-state index contributed by atoms with van der Waals surface area (Å²) < 4.78 is 0. The van der Waals surface area contributed by atoms with Gasteiger partial charge in [-0.25, -0.2) is 0 Å². The van der Waals surface area contributed by atoms with Crippen LogP contribution < -0.4 is 0 Å². The molecular formula is C8H7BrClNO2. The number of alkyl halides is 1. The Morgan fingerprint density at radius 3 is 2.69 bits per heavy atom. The predicted molar refractivity (Wildman–Crippen MR) is 55.5 cm³/mol. The van der Waals surface area contributed by atoms with Gasteiger partial charge in [0.2, 0.25) is 0 Å². The molecule has 13 heavy (non-hydrogen) atoms. The minimum absolute atomic E-state index is 0.0625. The van der Waals surface area contributed by atoms with Gasteiger partial charge in [0.05, 0.1) is 9.95 Å². The van der Waals surface area contributed by atoms with Crippen LogP contribution in [0.3, 0.4) is 0 Å². The van der Waals surface area contributed by atoms with Crippen LogP contribution >= 0.6 is 27.5 Å². The summed E-state index contributed by atoms with van der Waals surface area (Å²) in [6.45, 7) is 1.82. The molecule has 0 N–H and O–H groups in total. The minimum Gasteiger partial charge on any atom is -0.258 e. The van der Waals surface area contributed by atoms with Gasteiger partial charge in [0.15, 0.2) is 0 Å². The summed E-state index contributed by atoms with van der Waals surface area (Å²) in [6.07, 6.45) is 0. The number of nitrogens with zero attached hydrogens (tertiary/aromatic N) is 1. The molecule has 5 heteroatoms. The van der Waals surface area contributed by atoms with Gasteiger partial charge in [-0.2, -0.15) is 0 Å². The van der Waals surface area contributed by atoms with E-state index >= 15 is 0 Å². The molecule has 0 fully saturated rings. The molecule has 70 valence electrons. The molecule has 0 aliphatic rings. The predicted octanol–water partition coefficient (Wildman–Crippen LogP) is 3.45. The molecule has 0 bridgehead atoms. The van der Waals surface area contributed by atoms with Crippen LogP contribution in [0.5, 0.6) is 0 Å². The number of benzene rings is 1. The molecule has 0 aliphatic heterocycles. The summed E-state index contributed by atoms with van der Waals surface area (Å²) >= 11 is 8.95. The molecule has 0 saturated carbocycles. The van der Waals surface area contributed by atoms with Crippen LogP contribution in [0.4, 0.5) is 5.69 Å². The lowest BCUT2D eigenvalue weighted by atomic mass is 10.1. The smallest absolute Gasteiger partial charge is 0.258 e. The summed E-state index contributed by atoms with van der Waals surface area (Å²) in [5, 5.41) is 11.5. The number of nitro groups is 1. The molecule has 0 spiro atoms. The van der Waals surface area contributed by atoms with E-state index in [4.69, 9.17) is 11.6 Å². The molecule has 0 aromatic heterocycles. The molecule has 0 aliphatic carbocycles. The topological polar surface area (TPSA) is 43.1 Å². The van der Waals surface area contributed by atoms with Gasteiger partial charge in [0.25, 0.3) is 5.69 Å². The van der Waals surface area contributed by atoms with Gasteiger partial charge in [-0.3, -0.25) is 10.1 Å². The fraction of sp³-hybridized carbons (Fsp3) is 0.250. The Labute approximate surface area is 89.0 Å². The van der Waals surface area contributed by atoms with Gasteiger partial charge in [-0.15, -0.1) is 0 Å². The zero-order valence-corrected chi connectivity index (χ0v) is 9.22. The lowest BCUT2D eigenvalue weighted by molar-refractivity contribution is -0.385. The Bertz CT molecular complexity index is 354. The maximum Gasteiger partial charge on any atom is 0.274 e. The highest BCUT2D eigenvalue weighted by Crippen LogP contribution is 2.27. The van der Waals surface area contributed by atoms with E-state index in [1.807, 2.05) is 6.92 Å². The second kappa shape index (κ2) is 4.07. The summed E-state index contributed by atoms with van der Waals surface area (Å²) in [5.74, 6) is 0. The first-order valence-corrected chi connectivity index (χ1v) is 5.05. The average molecular weight is 265 g/mol. The molecule has 3 nitrogen and oxygen atoms in total. The number of hydrogen-bond acceptors (Lipinski definition) is 2. The molecular weight excluding hydrogens is 257 g/mol. The molecule has 0 amide bonds. The second-order valence-corrected chi connectivity index (χ2v) is 3.59. The van der Waals surface area contributed by atoms with Crippen molar-refractivity contribution in [3.8, 4) is 0 Å². The fourth-order valence-electron chi connectivity index (χ4n) is 1.01. The van der Waals surface area contributed by atoms with Crippen LogP contribution in [0.25, 0.3) is 0 Å². The van der Waals surface area contributed by atoms with E-state index in [9.17, 15) is 10.1 Å². The van der Waals surface area contributed by atoms with Crippen LogP contribution in [-0.4, -0.2) is 4.92 Å². The van der Waals surface area contributed by atoms with Gasteiger partial charge in [0, 0.05) is 17.0 Å². The van der Waals surface area contributed by atoms with Crippen molar-refractivity contribution in [1.82, 2.24) is 0 Å². The van der Waals surface area contributed by atoms with Crippen molar-refractivity contribution in [3.63, 3.8) is 0 Å². The molecule has 0 atom stereocenters. The van der Waals surface area contributed by atoms with E-state index in [1.54, 1.807) is 6.07 Å². The van der Waals surface area contributed by atoms with E-state index in [0.29, 0.717) is 15.9 Å².